The fourth-order valence-electron chi connectivity index (χ4n) is 4.29. The Hall–Kier alpha value is -1.10. The molecule has 0 saturated heterocycles. The minimum absolute atomic E-state index is 0.00651. The largest absolute Gasteiger partial charge is 0.354 e. The van der Waals surface area contributed by atoms with E-state index in [2.05, 4.69) is 10.6 Å². The number of carbonyl (C=O) groups is 2. The van der Waals surface area contributed by atoms with E-state index in [1.165, 1.54) is 51.4 Å². The maximum atomic E-state index is 12.2. The highest BCUT2D eigenvalue weighted by molar-refractivity contribution is 5.77. The standard InChI is InChI=1S/C19H35N3O2/c20-15-19(9-5-2-6-10-19)14-18(24)22-12-11-21-17(23)13-16-7-3-1-4-8-16/h16H,1-15,20H2,(H,21,23)(H,22,24). The molecule has 0 aliphatic heterocycles. The SMILES string of the molecule is NCC1(CC(=O)NCCNC(=O)CC2CCCCC2)CCCCC1. The van der Waals surface area contributed by atoms with Gasteiger partial charge < -0.3 is 16.4 Å². The first-order chi connectivity index (χ1) is 11.6. The van der Waals surface area contributed by atoms with Crippen LogP contribution in [0.2, 0.25) is 0 Å². The molecule has 0 aromatic heterocycles. The van der Waals surface area contributed by atoms with Gasteiger partial charge in [0.25, 0.3) is 0 Å². The van der Waals surface area contributed by atoms with E-state index in [1.807, 2.05) is 0 Å². The second-order valence-electron chi connectivity index (χ2n) is 7.85. The van der Waals surface area contributed by atoms with Gasteiger partial charge in [0.1, 0.15) is 0 Å². The van der Waals surface area contributed by atoms with Gasteiger partial charge in [-0.05, 0) is 43.6 Å². The quantitative estimate of drug-likeness (QED) is 0.595. The second-order valence-corrected chi connectivity index (χ2v) is 7.85. The molecular formula is C19H35N3O2. The molecule has 5 heteroatoms. The summed E-state index contributed by atoms with van der Waals surface area (Å²) in [4.78, 5) is 24.1. The lowest BCUT2D eigenvalue weighted by Crippen LogP contribution is -2.41. The Labute approximate surface area is 146 Å². The van der Waals surface area contributed by atoms with E-state index in [0.29, 0.717) is 38.4 Å². The van der Waals surface area contributed by atoms with Crippen LogP contribution in [0.15, 0.2) is 0 Å². The molecule has 0 aromatic rings. The Bertz CT molecular complexity index is 399. The molecule has 2 aliphatic rings. The van der Waals surface area contributed by atoms with Gasteiger partial charge in [-0.15, -0.1) is 0 Å². The van der Waals surface area contributed by atoms with Crippen molar-refractivity contribution in [2.75, 3.05) is 19.6 Å². The highest BCUT2D eigenvalue weighted by Crippen LogP contribution is 2.38. The van der Waals surface area contributed by atoms with Crippen LogP contribution in [-0.2, 0) is 9.59 Å². The van der Waals surface area contributed by atoms with E-state index < -0.39 is 0 Å². The molecule has 0 radical (unpaired) electrons. The number of carbonyl (C=O) groups excluding carboxylic acids is 2. The number of nitrogens with one attached hydrogen (secondary N) is 2. The predicted octanol–water partition coefficient (Wildman–Crippen LogP) is 2.49. The van der Waals surface area contributed by atoms with Gasteiger partial charge in [-0.3, -0.25) is 9.59 Å². The van der Waals surface area contributed by atoms with E-state index in [-0.39, 0.29) is 17.2 Å². The van der Waals surface area contributed by atoms with Crippen LogP contribution in [0.4, 0.5) is 0 Å². The topological polar surface area (TPSA) is 84.2 Å². The molecule has 2 amide bonds. The third-order valence-corrected chi connectivity index (χ3v) is 5.85. The van der Waals surface area contributed by atoms with Gasteiger partial charge in [0.2, 0.25) is 11.8 Å². The minimum Gasteiger partial charge on any atom is -0.354 e. The van der Waals surface area contributed by atoms with Gasteiger partial charge in [0, 0.05) is 25.9 Å². The second kappa shape index (κ2) is 10.0. The summed E-state index contributed by atoms with van der Waals surface area (Å²) < 4.78 is 0. The molecule has 5 nitrogen and oxygen atoms in total. The summed E-state index contributed by atoms with van der Waals surface area (Å²) in [7, 11) is 0. The molecule has 0 atom stereocenters. The lowest BCUT2D eigenvalue weighted by atomic mass is 9.71. The monoisotopic (exact) mass is 337 g/mol. The summed E-state index contributed by atoms with van der Waals surface area (Å²) in [5, 5.41) is 5.87. The molecule has 4 N–H and O–H groups in total. The van der Waals surface area contributed by atoms with Crippen LogP contribution in [0.1, 0.15) is 77.0 Å². The van der Waals surface area contributed by atoms with Crippen LogP contribution in [0.3, 0.4) is 0 Å². The minimum atomic E-state index is 0.00651. The van der Waals surface area contributed by atoms with Gasteiger partial charge in [0.05, 0.1) is 0 Å². The molecule has 2 saturated carbocycles. The third-order valence-electron chi connectivity index (χ3n) is 5.85. The smallest absolute Gasteiger partial charge is 0.220 e. The maximum absolute atomic E-state index is 12.2. The first-order valence-corrected chi connectivity index (χ1v) is 9.87. The normalized spacial score (nSPS) is 21.2. The van der Waals surface area contributed by atoms with Gasteiger partial charge in [-0.2, -0.15) is 0 Å². The molecule has 2 rings (SSSR count). The highest BCUT2D eigenvalue weighted by Gasteiger charge is 2.32. The van der Waals surface area contributed by atoms with Crippen molar-refractivity contribution < 1.29 is 9.59 Å². The molecule has 0 bridgehead atoms. The van der Waals surface area contributed by atoms with Crippen molar-refractivity contribution in [3.8, 4) is 0 Å². The van der Waals surface area contributed by atoms with Crippen LogP contribution in [-0.4, -0.2) is 31.4 Å². The van der Waals surface area contributed by atoms with Crippen molar-refractivity contribution in [2.24, 2.45) is 17.1 Å². The summed E-state index contributed by atoms with van der Waals surface area (Å²) in [6, 6.07) is 0. The van der Waals surface area contributed by atoms with Gasteiger partial charge in [-0.25, -0.2) is 0 Å². The van der Waals surface area contributed by atoms with Crippen molar-refractivity contribution in [1.29, 1.82) is 0 Å². The number of hydrogen-bond acceptors (Lipinski definition) is 3. The Morgan fingerprint density at radius 1 is 0.875 bits per heavy atom. The summed E-state index contributed by atoms with van der Waals surface area (Å²) >= 11 is 0. The average molecular weight is 338 g/mol. The molecule has 138 valence electrons. The zero-order valence-corrected chi connectivity index (χ0v) is 15.1. The average Bonchev–Trinajstić information content (AvgIpc) is 2.60. The summed E-state index contributed by atoms with van der Waals surface area (Å²) in [6.07, 6.45) is 13.1. The van der Waals surface area contributed by atoms with Crippen LogP contribution in [0.5, 0.6) is 0 Å². The molecule has 0 unspecified atom stereocenters. The third kappa shape index (κ3) is 6.42. The maximum Gasteiger partial charge on any atom is 0.220 e. The van der Waals surface area contributed by atoms with Gasteiger partial charge >= 0.3 is 0 Å². The Morgan fingerprint density at radius 3 is 2.08 bits per heavy atom. The van der Waals surface area contributed by atoms with Crippen LogP contribution >= 0.6 is 0 Å². The fraction of sp³-hybridized carbons (Fsp3) is 0.895. The first-order valence-electron chi connectivity index (χ1n) is 9.87. The number of hydrogen-bond donors (Lipinski definition) is 3. The molecule has 0 aromatic carbocycles. The zero-order chi connectivity index (χ0) is 17.3. The highest BCUT2D eigenvalue weighted by atomic mass is 16.2. The van der Waals surface area contributed by atoms with E-state index in [4.69, 9.17) is 5.73 Å². The van der Waals surface area contributed by atoms with Gasteiger partial charge in [0.15, 0.2) is 0 Å². The van der Waals surface area contributed by atoms with Crippen LogP contribution in [0.25, 0.3) is 0 Å². The fourth-order valence-corrected chi connectivity index (χ4v) is 4.29. The van der Waals surface area contributed by atoms with E-state index in [0.717, 1.165) is 12.8 Å². The van der Waals surface area contributed by atoms with Crippen molar-refractivity contribution in [3.63, 3.8) is 0 Å². The number of nitrogens with two attached hydrogens (primary N) is 1. The lowest BCUT2D eigenvalue weighted by molar-refractivity contribution is -0.125. The first kappa shape index (κ1) is 19.2. The molecular weight excluding hydrogens is 302 g/mol. The Balaban J connectivity index is 1.57. The zero-order valence-electron chi connectivity index (χ0n) is 15.1. The van der Waals surface area contributed by atoms with Gasteiger partial charge in [-0.1, -0.05) is 38.5 Å². The van der Waals surface area contributed by atoms with Crippen LogP contribution in [0, 0.1) is 11.3 Å². The van der Waals surface area contributed by atoms with Crippen molar-refractivity contribution in [2.45, 2.75) is 77.0 Å². The van der Waals surface area contributed by atoms with E-state index in [9.17, 15) is 9.59 Å². The Morgan fingerprint density at radius 2 is 1.46 bits per heavy atom. The van der Waals surface area contributed by atoms with Crippen molar-refractivity contribution in [3.05, 3.63) is 0 Å². The van der Waals surface area contributed by atoms with E-state index >= 15 is 0 Å². The van der Waals surface area contributed by atoms with Crippen LogP contribution < -0.4 is 16.4 Å². The summed E-state index contributed by atoms with van der Waals surface area (Å²) in [5.74, 6) is 0.759. The molecule has 2 fully saturated rings. The summed E-state index contributed by atoms with van der Waals surface area (Å²) in [5.41, 5.74) is 5.94. The predicted molar refractivity (Wildman–Crippen MR) is 96.4 cm³/mol. The summed E-state index contributed by atoms with van der Waals surface area (Å²) in [6.45, 7) is 1.63. The molecule has 24 heavy (non-hydrogen) atoms. The lowest BCUT2D eigenvalue weighted by Gasteiger charge is -2.35. The molecule has 2 aliphatic carbocycles. The molecule has 0 heterocycles. The Kier molecular flexibility index (Phi) is 8.03. The number of rotatable bonds is 8. The molecule has 0 spiro atoms. The number of amides is 2. The van der Waals surface area contributed by atoms with Crippen molar-refractivity contribution in [1.82, 2.24) is 10.6 Å². The van der Waals surface area contributed by atoms with Crippen molar-refractivity contribution >= 4 is 11.8 Å². The van der Waals surface area contributed by atoms with E-state index in [1.54, 1.807) is 0 Å².